The molecule has 0 radical (unpaired) electrons. The van der Waals surface area contributed by atoms with Gasteiger partial charge < -0.3 is 0 Å². The zero-order valence-electron chi connectivity index (χ0n) is 8.28. The molecule has 6 heteroatoms. The van der Waals surface area contributed by atoms with Crippen LogP contribution in [0.1, 0.15) is 5.69 Å². The Labute approximate surface area is 100 Å². The van der Waals surface area contributed by atoms with Gasteiger partial charge in [-0.05, 0) is 6.07 Å². The van der Waals surface area contributed by atoms with Gasteiger partial charge in [0.15, 0.2) is 10.1 Å². The Bertz CT molecular complexity index is 558. The predicted octanol–water partition coefficient (Wildman–Crippen LogP) is 2.48. The van der Waals surface area contributed by atoms with Gasteiger partial charge in [-0.3, -0.25) is 4.40 Å². The summed E-state index contributed by atoms with van der Waals surface area (Å²) in [6.45, 7) is 0. The van der Waals surface area contributed by atoms with E-state index in [0.717, 1.165) is 21.6 Å². The van der Waals surface area contributed by atoms with Gasteiger partial charge in [0.2, 0.25) is 0 Å². The molecule has 0 aliphatic rings. The highest BCUT2D eigenvalue weighted by molar-refractivity contribution is 7.98. The lowest BCUT2D eigenvalue weighted by atomic mass is 10.6. The van der Waals surface area contributed by atoms with E-state index in [-0.39, 0.29) is 0 Å². The standard InChI is InChI=1S/C10H8N4S2/c1-2-11-9(12-3-1)16-7-8-6-14-4-5-15-10(14)13-8/h1-6H,7H2. The molecule has 0 spiro atoms. The zero-order valence-corrected chi connectivity index (χ0v) is 9.91. The Morgan fingerprint density at radius 3 is 3.00 bits per heavy atom. The van der Waals surface area contributed by atoms with Gasteiger partial charge in [-0.15, -0.1) is 11.3 Å². The molecule has 0 aromatic carbocycles. The average molecular weight is 248 g/mol. The van der Waals surface area contributed by atoms with Gasteiger partial charge in [-0.1, -0.05) is 11.8 Å². The largest absolute Gasteiger partial charge is 0.297 e. The molecule has 80 valence electrons. The maximum Gasteiger partial charge on any atom is 0.193 e. The first-order valence-electron chi connectivity index (χ1n) is 4.73. The molecule has 0 amide bonds. The summed E-state index contributed by atoms with van der Waals surface area (Å²) in [6.07, 6.45) is 7.56. The maximum atomic E-state index is 4.49. The summed E-state index contributed by atoms with van der Waals surface area (Å²) in [5.41, 5.74) is 1.06. The first-order chi connectivity index (χ1) is 7.92. The number of thioether (sulfide) groups is 1. The van der Waals surface area contributed by atoms with E-state index in [1.54, 1.807) is 35.5 Å². The summed E-state index contributed by atoms with van der Waals surface area (Å²) >= 11 is 3.24. The van der Waals surface area contributed by atoms with E-state index < -0.39 is 0 Å². The van der Waals surface area contributed by atoms with Gasteiger partial charge in [-0.25, -0.2) is 15.0 Å². The first-order valence-corrected chi connectivity index (χ1v) is 6.59. The Balaban J connectivity index is 1.74. The number of fused-ring (bicyclic) bond motifs is 1. The van der Waals surface area contributed by atoms with Gasteiger partial charge in [0.05, 0.1) is 5.69 Å². The van der Waals surface area contributed by atoms with E-state index in [9.17, 15) is 0 Å². The highest BCUT2D eigenvalue weighted by Crippen LogP contribution is 2.19. The van der Waals surface area contributed by atoms with Crippen LogP contribution in [0.5, 0.6) is 0 Å². The lowest BCUT2D eigenvalue weighted by molar-refractivity contribution is 0.965. The third-order valence-electron chi connectivity index (χ3n) is 2.03. The molecule has 0 unspecified atom stereocenters. The van der Waals surface area contributed by atoms with Crippen LogP contribution in [0.4, 0.5) is 0 Å². The van der Waals surface area contributed by atoms with Crippen molar-refractivity contribution in [3.8, 4) is 0 Å². The molecule has 0 atom stereocenters. The fraction of sp³-hybridized carbons (Fsp3) is 0.100. The molecular formula is C10H8N4S2. The number of thiazole rings is 1. The van der Waals surface area contributed by atoms with Gasteiger partial charge >= 0.3 is 0 Å². The third kappa shape index (κ3) is 1.94. The Morgan fingerprint density at radius 2 is 2.19 bits per heavy atom. The molecule has 4 nitrogen and oxygen atoms in total. The molecule has 3 rings (SSSR count). The maximum absolute atomic E-state index is 4.49. The predicted molar refractivity (Wildman–Crippen MR) is 64.7 cm³/mol. The van der Waals surface area contributed by atoms with Crippen LogP contribution in [0.15, 0.2) is 41.4 Å². The highest BCUT2D eigenvalue weighted by Gasteiger charge is 2.03. The van der Waals surface area contributed by atoms with E-state index in [1.165, 1.54) is 0 Å². The minimum absolute atomic E-state index is 0.791. The Kier molecular flexibility index (Phi) is 2.59. The van der Waals surface area contributed by atoms with Crippen LogP contribution in [-0.4, -0.2) is 19.4 Å². The van der Waals surface area contributed by atoms with Crippen molar-refractivity contribution >= 4 is 28.1 Å². The van der Waals surface area contributed by atoms with Crippen molar-refractivity contribution in [1.29, 1.82) is 0 Å². The molecule has 0 aliphatic heterocycles. The molecule has 0 saturated carbocycles. The van der Waals surface area contributed by atoms with Crippen molar-refractivity contribution in [1.82, 2.24) is 19.4 Å². The van der Waals surface area contributed by atoms with E-state index in [4.69, 9.17) is 0 Å². The van der Waals surface area contributed by atoms with Crippen LogP contribution < -0.4 is 0 Å². The lowest BCUT2D eigenvalue weighted by Gasteiger charge is -1.95. The van der Waals surface area contributed by atoms with Crippen LogP contribution in [-0.2, 0) is 5.75 Å². The molecule has 0 N–H and O–H groups in total. The van der Waals surface area contributed by atoms with Crippen molar-refractivity contribution in [2.24, 2.45) is 0 Å². The Hall–Kier alpha value is -1.40. The Morgan fingerprint density at radius 1 is 1.31 bits per heavy atom. The number of aromatic nitrogens is 4. The smallest absolute Gasteiger partial charge is 0.193 e. The van der Waals surface area contributed by atoms with Crippen molar-refractivity contribution in [3.63, 3.8) is 0 Å². The number of hydrogen-bond acceptors (Lipinski definition) is 5. The minimum atomic E-state index is 0.791. The van der Waals surface area contributed by atoms with Crippen molar-refractivity contribution < 1.29 is 0 Å². The summed E-state index contributed by atoms with van der Waals surface area (Å²) in [5.74, 6) is 0.804. The van der Waals surface area contributed by atoms with E-state index in [0.29, 0.717) is 0 Å². The fourth-order valence-corrected chi connectivity index (χ4v) is 2.75. The topological polar surface area (TPSA) is 43.1 Å². The second-order valence-corrected chi connectivity index (χ2v) is 4.96. The van der Waals surface area contributed by atoms with E-state index >= 15 is 0 Å². The molecule has 0 fully saturated rings. The highest BCUT2D eigenvalue weighted by atomic mass is 32.2. The number of nitrogens with zero attached hydrogens (tertiary/aromatic N) is 4. The molecule has 3 heterocycles. The monoisotopic (exact) mass is 248 g/mol. The third-order valence-corrected chi connectivity index (χ3v) is 3.71. The summed E-state index contributed by atoms with van der Waals surface area (Å²) in [4.78, 5) is 13.8. The van der Waals surface area contributed by atoms with Crippen molar-refractivity contribution in [3.05, 3.63) is 41.9 Å². The molecule has 3 aromatic heterocycles. The van der Waals surface area contributed by atoms with Crippen LogP contribution in [0.2, 0.25) is 0 Å². The van der Waals surface area contributed by atoms with Crippen LogP contribution in [0, 0.1) is 0 Å². The van der Waals surface area contributed by atoms with Gasteiger partial charge in [0, 0.05) is 35.9 Å². The second-order valence-electron chi connectivity index (χ2n) is 3.15. The molecule has 0 saturated heterocycles. The number of hydrogen-bond donors (Lipinski definition) is 0. The molecular weight excluding hydrogens is 240 g/mol. The van der Waals surface area contributed by atoms with E-state index in [2.05, 4.69) is 15.0 Å². The van der Waals surface area contributed by atoms with Crippen molar-refractivity contribution in [2.75, 3.05) is 0 Å². The van der Waals surface area contributed by atoms with E-state index in [1.807, 2.05) is 28.2 Å². The quantitative estimate of drug-likeness (QED) is 0.527. The van der Waals surface area contributed by atoms with Crippen LogP contribution in [0.25, 0.3) is 4.96 Å². The zero-order chi connectivity index (χ0) is 10.8. The van der Waals surface area contributed by atoms with Gasteiger partial charge in [-0.2, -0.15) is 0 Å². The molecule has 3 aromatic rings. The SMILES string of the molecule is c1cnc(SCc2cn3ccsc3n2)nc1. The second kappa shape index (κ2) is 4.23. The van der Waals surface area contributed by atoms with Gasteiger partial charge in [0.25, 0.3) is 0 Å². The summed E-state index contributed by atoms with van der Waals surface area (Å²) in [7, 11) is 0. The summed E-state index contributed by atoms with van der Waals surface area (Å²) < 4.78 is 2.03. The molecule has 16 heavy (non-hydrogen) atoms. The minimum Gasteiger partial charge on any atom is -0.297 e. The molecule has 0 aliphatic carbocycles. The first kappa shape index (κ1) is 9.80. The normalized spacial score (nSPS) is 11.0. The van der Waals surface area contributed by atoms with Crippen LogP contribution >= 0.6 is 23.1 Å². The summed E-state index contributed by atoms with van der Waals surface area (Å²) in [5, 5.41) is 2.82. The molecule has 0 bridgehead atoms. The summed E-state index contributed by atoms with van der Waals surface area (Å²) in [6, 6.07) is 1.82. The van der Waals surface area contributed by atoms with Gasteiger partial charge in [0.1, 0.15) is 0 Å². The lowest BCUT2D eigenvalue weighted by Crippen LogP contribution is -1.85. The number of imidazole rings is 1. The number of rotatable bonds is 3. The van der Waals surface area contributed by atoms with Crippen LogP contribution in [0.3, 0.4) is 0 Å². The fourth-order valence-electron chi connectivity index (χ4n) is 1.34. The van der Waals surface area contributed by atoms with Crippen molar-refractivity contribution in [2.45, 2.75) is 10.9 Å². The average Bonchev–Trinajstić information content (AvgIpc) is 2.88.